The van der Waals surface area contributed by atoms with Crippen LogP contribution in [0.2, 0.25) is 5.02 Å². The van der Waals surface area contributed by atoms with Gasteiger partial charge in [-0.05, 0) is 40.3 Å². The van der Waals surface area contributed by atoms with Crippen molar-refractivity contribution in [3.8, 4) is 0 Å². The smallest absolute Gasteiger partial charge is 0.332 e. The molecule has 20 heavy (non-hydrogen) atoms. The Balaban J connectivity index is 2.33. The van der Waals surface area contributed by atoms with Crippen LogP contribution in [-0.4, -0.2) is 9.13 Å². The van der Waals surface area contributed by atoms with Crippen LogP contribution in [-0.2, 0) is 20.6 Å². The Kier molecular flexibility index (Phi) is 4.54. The molecule has 7 heteroatoms. The summed E-state index contributed by atoms with van der Waals surface area (Å²) in [6, 6.07) is 7.38. The van der Waals surface area contributed by atoms with Gasteiger partial charge in [-0.3, -0.25) is 13.9 Å². The number of anilines is 1. The van der Waals surface area contributed by atoms with E-state index in [9.17, 15) is 9.59 Å². The molecule has 2 rings (SSSR count). The molecule has 2 aromatic rings. The second-order valence-electron chi connectivity index (χ2n) is 4.35. The summed E-state index contributed by atoms with van der Waals surface area (Å²) in [5.74, 6) is 0.522. The highest BCUT2D eigenvalue weighted by molar-refractivity contribution is 14.1. The Hall–Kier alpha value is -1.28. The van der Waals surface area contributed by atoms with Crippen molar-refractivity contribution in [1.82, 2.24) is 9.13 Å². The Labute approximate surface area is 134 Å². The van der Waals surface area contributed by atoms with Gasteiger partial charge in [-0.2, -0.15) is 0 Å². The molecule has 0 aliphatic carbocycles. The van der Waals surface area contributed by atoms with Gasteiger partial charge in [0.05, 0.1) is 0 Å². The van der Waals surface area contributed by atoms with Gasteiger partial charge in [0.15, 0.2) is 0 Å². The van der Waals surface area contributed by atoms with Crippen LogP contribution in [0, 0.1) is 3.57 Å². The van der Waals surface area contributed by atoms with Crippen molar-refractivity contribution >= 4 is 40.0 Å². The highest BCUT2D eigenvalue weighted by Gasteiger charge is 2.12. The molecule has 0 radical (unpaired) electrons. The lowest BCUT2D eigenvalue weighted by Gasteiger charge is -2.14. The number of rotatable bonds is 3. The van der Waals surface area contributed by atoms with Crippen LogP contribution in [0.5, 0.6) is 0 Å². The van der Waals surface area contributed by atoms with Gasteiger partial charge < -0.3 is 5.32 Å². The van der Waals surface area contributed by atoms with Gasteiger partial charge in [-0.25, -0.2) is 4.79 Å². The number of benzene rings is 1. The quantitative estimate of drug-likeness (QED) is 0.794. The maximum Gasteiger partial charge on any atom is 0.332 e. The van der Waals surface area contributed by atoms with E-state index >= 15 is 0 Å². The molecule has 1 N–H and O–H groups in total. The third-order valence-electron chi connectivity index (χ3n) is 2.98. The molecule has 106 valence electrons. The predicted octanol–water partition coefficient (Wildman–Crippen LogP) is 1.95. The van der Waals surface area contributed by atoms with Crippen molar-refractivity contribution in [2.75, 3.05) is 5.32 Å². The van der Waals surface area contributed by atoms with Gasteiger partial charge in [0.2, 0.25) is 0 Å². The van der Waals surface area contributed by atoms with Crippen molar-refractivity contribution in [2.24, 2.45) is 14.1 Å². The van der Waals surface area contributed by atoms with E-state index in [4.69, 9.17) is 11.6 Å². The second-order valence-corrected chi connectivity index (χ2v) is 5.86. The van der Waals surface area contributed by atoms with Crippen LogP contribution in [0.15, 0.2) is 33.9 Å². The van der Waals surface area contributed by atoms with E-state index in [0.717, 1.165) is 10.1 Å². The SMILES string of the molecule is Cn1c(NCc2ccc(Cl)cc2)c(I)c(=O)n(C)c1=O. The lowest BCUT2D eigenvalue weighted by Crippen LogP contribution is -2.39. The maximum absolute atomic E-state index is 11.9. The highest BCUT2D eigenvalue weighted by atomic mass is 127. The molecular formula is C13H13ClIN3O2. The zero-order valence-corrected chi connectivity index (χ0v) is 13.9. The summed E-state index contributed by atoms with van der Waals surface area (Å²) in [5.41, 5.74) is 0.361. The fourth-order valence-corrected chi connectivity index (χ4v) is 2.83. The van der Waals surface area contributed by atoms with Crippen molar-refractivity contribution in [2.45, 2.75) is 6.54 Å². The summed E-state index contributed by atoms with van der Waals surface area (Å²) in [6.45, 7) is 0.508. The first-order valence-corrected chi connectivity index (χ1v) is 7.31. The molecule has 1 aromatic heterocycles. The normalized spacial score (nSPS) is 10.6. The van der Waals surface area contributed by atoms with Crippen LogP contribution in [0.4, 0.5) is 5.82 Å². The topological polar surface area (TPSA) is 56.0 Å². The maximum atomic E-state index is 11.9. The predicted molar refractivity (Wildman–Crippen MR) is 88.4 cm³/mol. The second kappa shape index (κ2) is 6.01. The molecule has 0 aliphatic rings. The molecule has 1 heterocycles. The van der Waals surface area contributed by atoms with Crippen molar-refractivity contribution < 1.29 is 0 Å². The molecule has 0 saturated carbocycles. The van der Waals surface area contributed by atoms with E-state index in [1.54, 1.807) is 19.2 Å². The van der Waals surface area contributed by atoms with E-state index in [1.807, 2.05) is 34.7 Å². The van der Waals surface area contributed by atoms with Gasteiger partial charge in [-0.15, -0.1) is 0 Å². The minimum atomic E-state index is -0.353. The van der Waals surface area contributed by atoms with E-state index in [1.165, 1.54) is 11.6 Å². The minimum absolute atomic E-state index is 0.299. The molecule has 0 saturated heterocycles. The zero-order valence-electron chi connectivity index (χ0n) is 11.0. The van der Waals surface area contributed by atoms with E-state index < -0.39 is 0 Å². The van der Waals surface area contributed by atoms with Crippen LogP contribution >= 0.6 is 34.2 Å². The van der Waals surface area contributed by atoms with Crippen molar-refractivity contribution in [3.63, 3.8) is 0 Å². The van der Waals surface area contributed by atoms with Crippen LogP contribution in [0.3, 0.4) is 0 Å². The molecule has 5 nitrogen and oxygen atoms in total. The van der Waals surface area contributed by atoms with Crippen molar-refractivity contribution in [1.29, 1.82) is 0 Å². The van der Waals surface area contributed by atoms with Gasteiger partial charge in [0.1, 0.15) is 9.39 Å². The third kappa shape index (κ3) is 2.90. The highest BCUT2D eigenvalue weighted by Crippen LogP contribution is 2.14. The lowest BCUT2D eigenvalue weighted by molar-refractivity contribution is 0.682. The Morgan fingerprint density at radius 2 is 1.75 bits per heavy atom. The first kappa shape index (κ1) is 15.1. The average molecular weight is 406 g/mol. The Morgan fingerprint density at radius 3 is 2.35 bits per heavy atom. The first-order chi connectivity index (χ1) is 9.41. The molecule has 0 unspecified atom stereocenters. The number of nitrogens with one attached hydrogen (secondary N) is 1. The Morgan fingerprint density at radius 1 is 1.15 bits per heavy atom. The van der Waals surface area contributed by atoms with Crippen LogP contribution < -0.4 is 16.6 Å². The van der Waals surface area contributed by atoms with Crippen LogP contribution in [0.25, 0.3) is 0 Å². The Bertz CT molecular complexity index is 713. The summed E-state index contributed by atoms with van der Waals surface area (Å²) in [4.78, 5) is 23.8. The van der Waals surface area contributed by atoms with Crippen LogP contribution in [0.1, 0.15) is 5.56 Å². The number of aromatic nitrogens is 2. The number of halogens is 2. The lowest BCUT2D eigenvalue weighted by atomic mass is 10.2. The third-order valence-corrected chi connectivity index (χ3v) is 4.21. The zero-order chi connectivity index (χ0) is 14.9. The number of nitrogens with zero attached hydrogens (tertiary/aromatic N) is 2. The molecule has 0 aliphatic heterocycles. The van der Waals surface area contributed by atoms with Gasteiger partial charge in [0, 0.05) is 25.7 Å². The van der Waals surface area contributed by atoms with Gasteiger partial charge in [0.25, 0.3) is 5.56 Å². The molecular weight excluding hydrogens is 393 g/mol. The molecule has 0 spiro atoms. The number of hydrogen-bond donors (Lipinski definition) is 1. The monoisotopic (exact) mass is 405 g/mol. The van der Waals surface area contributed by atoms with E-state index in [-0.39, 0.29) is 11.2 Å². The summed E-state index contributed by atoms with van der Waals surface area (Å²) >= 11 is 7.77. The minimum Gasteiger partial charge on any atom is -0.366 e. The molecule has 0 atom stereocenters. The summed E-state index contributed by atoms with van der Waals surface area (Å²) < 4.78 is 3.01. The molecule has 0 amide bonds. The van der Waals surface area contributed by atoms with Gasteiger partial charge in [-0.1, -0.05) is 23.7 Å². The standard InChI is InChI=1S/C13H13ClIN3O2/c1-17-11(10(15)12(19)18(2)13(17)20)16-7-8-3-5-9(14)6-4-8/h3-6,16H,7H2,1-2H3. The first-order valence-electron chi connectivity index (χ1n) is 5.85. The van der Waals surface area contributed by atoms with E-state index in [0.29, 0.717) is 21.0 Å². The molecule has 0 bridgehead atoms. The largest absolute Gasteiger partial charge is 0.366 e. The summed E-state index contributed by atoms with van der Waals surface area (Å²) in [6.07, 6.45) is 0. The van der Waals surface area contributed by atoms with Gasteiger partial charge >= 0.3 is 5.69 Å². The summed E-state index contributed by atoms with van der Waals surface area (Å²) in [5, 5.41) is 3.80. The fraction of sp³-hybridized carbons (Fsp3) is 0.231. The van der Waals surface area contributed by atoms with Crippen molar-refractivity contribution in [3.05, 3.63) is 59.3 Å². The number of hydrogen-bond acceptors (Lipinski definition) is 3. The van der Waals surface area contributed by atoms with E-state index in [2.05, 4.69) is 5.32 Å². The fourth-order valence-electron chi connectivity index (χ4n) is 1.79. The summed E-state index contributed by atoms with van der Waals surface area (Å²) in [7, 11) is 3.10. The average Bonchev–Trinajstić information content (AvgIpc) is 2.45. The molecule has 0 fully saturated rings. The molecule has 1 aromatic carbocycles.